The lowest BCUT2D eigenvalue weighted by molar-refractivity contribution is 0.0951. The van der Waals surface area contributed by atoms with Gasteiger partial charge in [-0.25, -0.2) is 9.82 Å². The van der Waals surface area contributed by atoms with E-state index in [9.17, 15) is 9.18 Å². The minimum atomic E-state index is -0.599. The van der Waals surface area contributed by atoms with Crippen LogP contribution in [0.5, 0.6) is 5.75 Å². The van der Waals surface area contributed by atoms with Gasteiger partial charge in [0.25, 0.3) is 5.91 Å². The van der Waals surface area contributed by atoms with E-state index < -0.39 is 11.7 Å². The third-order valence-electron chi connectivity index (χ3n) is 2.71. The maximum absolute atomic E-state index is 13.4. The number of halogens is 1. The molecule has 0 atom stereocenters. The van der Waals surface area contributed by atoms with Crippen molar-refractivity contribution < 1.29 is 13.9 Å². The fourth-order valence-electron chi connectivity index (χ4n) is 1.74. The van der Waals surface area contributed by atoms with Crippen molar-refractivity contribution in [1.29, 1.82) is 0 Å². The third kappa shape index (κ3) is 3.89. The molecule has 2 aromatic carbocycles. The predicted octanol–water partition coefficient (Wildman–Crippen LogP) is 2.99. The Morgan fingerprint density at radius 3 is 2.71 bits per heavy atom. The highest BCUT2D eigenvalue weighted by atomic mass is 19.1. The number of carbonyl (C=O) groups is 1. The fraction of sp³-hybridized carbons (Fsp3) is 0.125. The first-order valence-electron chi connectivity index (χ1n) is 6.52. The summed E-state index contributed by atoms with van der Waals surface area (Å²) in [5.74, 6) is -0.512. The Hall–Kier alpha value is -2.69. The molecule has 0 heterocycles. The number of ether oxygens (including phenoxy) is 1. The average molecular weight is 286 g/mol. The van der Waals surface area contributed by atoms with Gasteiger partial charge in [-0.05, 0) is 31.2 Å². The summed E-state index contributed by atoms with van der Waals surface area (Å²) in [6.45, 7) is 2.42. The summed E-state index contributed by atoms with van der Waals surface area (Å²) in [6.07, 6.45) is 1.46. The zero-order valence-corrected chi connectivity index (χ0v) is 11.5. The van der Waals surface area contributed by atoms with E-state index in [1.54, 1.807) is 6.07 Å². The van der Waals surface area contributed by atoms with Crippen LogP contribution in [0.1, 0.15) is 22.8 Å². The van der Waals surface area contributed by atoms with Crippen molar-refractivity contribution in [2.45, 2.75) is 6.92 Å². The van der Waals surface area contributed by atoms with Crippen LogP contribution >= 0.6 is 0 Å². The molecule has 5 heteroatoms. The summed E-state index contributed by atoms with van der Waals surface area (Å²) in [6, 6.07) is 13.0. The lowest BCUT2D eigenvalue weighted by Gasteiger charge is -2.06. The van der Waals surface area contributed by atoms with Crippen LogP contribution in [0.3, 0.4) is 0 Å². The summed E-state index contributed by atoms with van der Waals surface area (Å²) < 4.78 is 18.9. The van der Waals surface area contributed by atoms with E-state index in [0.717, 1.165) is 5.56 Å². The van der Waals surface area contributed by atoms with Crippen LogP contribution in [-0.2, 0) is 0 Å². The number of carbonyl (C=O) groups excluding carboxylic acids is 1. The van der Waals surface area contributed by atoms with Crippen molar-refractivity contribution in [2.75, 3.05) is 6.61 Å². The zero-order valence-electron chi connectivity index (χ0n) is 11.5. The molecule has 4 nitrogen and oxygen atoms in total. The highest BCUT2D eigenvalue weighted by molar-refractivity contribution is 5.95. The van der Waals surface area contributed by atoms with Crippen LogP contribution in [0.2, 0.25) is 0 Å². The molecule has 108 valence electrons. The summed E-state index contributed by atoms with van der Waals surface area (Å²) in [7, 11) is 0. The van der Waals surface area contributed by atoms with Gasteiger partial charge in [0.1, 0.15) is 11.6 Å². The minimum Gasteiger partial charge on any atom is -0.493 e. The topological polar surface area (TPSA) is 50.7 Å². The van der Waals surface area contributed by atoms with Gasteiger partial charge in [0.05, 0.1) is 18.4 Å². The molecule has 0 aliphatic rings. The number of nitrogens with one attached hydrogen (secondary N) is 1. The maximum Gasteiger partial charge on any atom is 0.274 e. The first kappa shape index (κ1) is 14.7. The molecule has 0 unspecified atom stereocenters. The highest BCUT2D eigenvalue weighted by Gasteiger charge is 2.09. The van der Waals surface area contributed by atoms with Crippen LogP contribution in [-0.4, -0.2) is 18.7 Å². The van der Waals surface area contributed by atoms with Gasteiger partial charge in [-0.2, -0.15) is 5.10 Å². The molecule has 0 aromatic heterocycles. The molecular weight excluding hydrogens is 271 g/mol. The molecule has 0 fully saturated rings. The number of para-hydroxylation sites is 1. The number of amides is 1. The van der Waals surface area contributed by atoms with Gasteiger partial charge in [-0.15, -0.1) is 0 Å². The van der Waals surface area contributed by atoms with Crippen LogP contribution in [0.15, 0.2) is 53.6 Å². The summed E-state index contributed by atoms with van der Waals surface area (Å²) in [5, 5.41) is 3.83. The first-order valence-corrected chi connectivity index (χ1v) is 6.52. The summed E-state index contributed by atoms with van der Waals surface area (Å²) in [5.41, 5.74) is 2.97. The Labute approximate surface area is 122 Å². The van der Waals surface area contributed by atoms with Gasteiger partial charge in [-0.1, -0.05) is 24.3 Å². The first-order chi connectivity index (χ1) is 10.2. The minimum absolute atomic E-state index is 0.0484. The molecule has 0 saturated carbocycles. The lowest BCUT2D eigenvalue weighted by atomic mass is 10.2. The molecule has 0 bridgehead atoms. The number of rotatable bonds is 5. The summed E-state index contributed by atoms with van der Waals surface area (Å²) >= 11 is 0. The van der Waals surface area contributed by atoms with Crippen molar-refractivity contribution in [3.63, 3.8) is 0 Å². The molecule has 21 heavy (non-hydrogen) atoms. The number of benzene rings is 2. The molecule has 1 amide bonds. The molecule has 2 aromatic rings. The van der Waals surface area contributed by atoms with E-state index in [4.69, 9.17) is 4.74 Å². The number of nitrogens with zero attached hydrogens (tertiary/aromatic N) is 1. The van der Waals surface area contributed by atoms with Gasteiger partial charge in [0, 0.05) is 5.56 Å². The quantitative estimate of drug-likeness (QED) is 0.678. The van der Waals surface area contributed by atoms with Crippen molar-refractivity contribution >= 4 is 12.1 Å². The lowest BCUT2D eigenvalue weighted by Crippen LogP contribution is -2.19. The van der Waals surface area contributed by atoms with Gasteiger partial charge in [0.2, 0.25) is 0 Å². The monoisotopic (exact) mass is 286 g/mol. The molecular formula is C16H15FN2O2. The van der Waals surface area contributed by atoms with Crippen LogP contribution < -0.4 is 10.2 Å². The van der Waals surface area contributed by atoms with E-state index in [1.165, 1.54) is 24.4 Å². The number of hydrogen-bond acceptors (Lipinski definition) is 3. The van der Waals surface area contributed by atoms with Gasteiger partial charge < -0.3 is 4.74 Å². The van der Waals surface area contributed by atoms with Gasteiger partial charge in [0.15, 0.2) is 0 Å². The Morgan fingerprint density at radius 1 is 1.24 bits per heavy atom. The molecule has 0 radical (unpaired) electrons. The SMILES string of the molecule is CCOc1ccccc1/C=N/NC(=O)c1ccccc1F. The van der Waals surface area contributed by atoms with E-state index in [1.807, 2.05) is 31.2 Å². The number of hydrogen-bond donors (Lipinski definition) is 1. The maximum atomic E-state index is 13.4. The molecule has 0 aliphatic carbocycles. The van der Waals surface area contributed by atoms with E-state index in [-0.39, 0.29) is 5.56 Å². The van der Waals surface area contributed by atoms with Crippen molar-refractivity contribution in [3.05, 3.63) is 65.5 Å². The molecule has 0 saturated heterocycles. The highest BCUT2D eigenvalue weighted by Crippen LogP contribution is 2.15. The third-order valence-corrected chi connectivity index (χ3v) is 2.71. The van der Waals surface area contributed by atoms with Crippen LogP contribution in [0.4, 0.5) is 4.39 Å². The molecule has 0 aliphatic heterocycles. The smallest absolute Gasteiger partial charge is 0.274 e. The molecule has 1 N–H and O–H groups in total. The second kappa shape index (κ2) is 7.19. The van der Waals surface area contributed by atoms with E-state index in [0.29, 0.717) is 12.4 Å². The van der Waals surface area contributed by atoms with Crippen LogP contribution in [0.25, 0.3) is 0 Å². The van der Waals surface area contributed by atoms with Crippen molar-refractivity contribution in [1.82, 2.24) is 5.43 Å². The molecule has 0 spiro atoms. The van der Waals surface area contributed by atoms with Gasteiger partial charge >= 0.3 is 0 Å². The average Bonchev–Trinajstić information content (AvgIpc) is 2.49. The predicted molar refractivity (Wildman–Crippen MR) is 79.1 cm³/mol. The summed E-state index contributed by atoms with van der Waals surface area (Å²) in [4.78, 5) is 11.8. The standard InChI is InChI=1S/C16H15FN2O2/c1-2-21-15-10-6-3-7-12(15)11-18-19-16(20)13-8-4-5-9-14(13)17/h3-11H,2H2,1H3,(H,19,20)/b18-11+. The number of hydrazone groups is 1. The Bertz CT molecular complexity index is 656. The zero-order chi connectivity index (χ0) is 15.1. The van der Waals surface area contributed by atoms with Crippen molar-refractivity contribution in [3.8, 4) is 5.75 Å². The van der Waals surface area contributed by atoms with E-state index >= 15 is 0 Å². The Balaban J connectivity index is 2.06. The van der Waals surface area contributed by atoms with E-state index in [2.05, 4.69) is 10.5 Å². The van der Waals surface area contributed by atoms with Crippen molar-refractivity contribution in [2.24, 2.45) is 5.10 Å². The normalized spacial score (nSPS) is 10.6. The fourth-order valence-corrected chi connectivity index (χ4v) is 1.74. The Morgan fingerprint density at radius 2 is 1.95 bits per heavy atom. The molecule has 2 rings (SSSR count). The van der Waals surface area contributed by atoms with Gasteiger partial charge in [-0.3, -0.25) is 4.79 Å². The largest absolute Gasteiger partial charge is 0.493 e. The Kier molecular flexibility index (Phi) is 5.04. The second-order valence-electron chi connectivity index (χ2n) is 4.15. The second-order valence-corrected chi connectivity index (χ2v) is 4.15. The van der Waals surface area contributed by atoms with Crippen LogP contribution in [0, 0.1) is 5.82 Å².